The standard InChI is InChI=1S/C24H29F3O4S2/c1-16-12-21(10-11-22(16)28-13-23-30-17(2)31-23)33-14-20(29-15-32-3)9-6-18-4-7-19(8-5-18)24(25,26)27/h4-5,7-8,10-12,17,20,23H,6,9,13-15H2,1-3H3. The zero-order chi connectivity index (χ0) is 23.8. The molecule has 182 valence electrons. The number of benzene rings is 2. The van der Waals surface area contributed by atoms with Crippen molar-refractivity contribution in [1.82, 2.24) is 0 Å². The molecular weight excluding hydrogens is 473 g/mol. The summed E-state index contributed by atoms with van der Waals surface area (Å²) >= 11 is 3.30. The van der Waals surface area contributed by atoms with E-state index in [0.29, 0.717) is 19.0 Å². The molecule has 0 radical (unpaired) electrons. The van der Waals surface area contributed by atoms with Crippen molar-refractivity contribution < 1.29 is 32.1 Å². The van der Waals surface area contributed by atoms with Crippen LogP contribution in [-0.4, -0.2) is 43.2 Å². The van der Waals surface area contributed by atoms with Crippen LogP contribution in [0.2, 0.25) is 0 Å². The molecule has 0 saturated carbocycles. The maximum absolute atomic E-state index is 12.8. The molecule has 2 aromatic carbocycles. The summed E-state index contributed by atoms with van der Waals surface area (Å²) in [7, 11) is 0. The Kier molecular flexibility index (Phi) is 9.81. The lowest BCUT2D eigenvalue weighted by Gasteiger charge is -2.33. The van der Waals surface area contributed by atoms with Crippen LogP contribution in [0.15, 0.2) is 47.4 Å². The Morgan fingerprint density at radius 1 is 1.09 bits per heavy atom. The number of alkyl halides is 3. The predicted molar refractivity (Wildman–Crippen MR) is 126 cm³/mol. The van der Waals surface area contributed by atoms with Gasteiger partial charge in [-0.25, -0.2) is 0 Å². The molecule has 1 unspecified atom stereocenters. The van der Waals surface area contributed by atoms with Crippen LogP contribution in [0, 0.1) is 6.92 Å². The maximum Gasteiger partial charge on any atom is 0.416 e. The molecule has 9 heteroatoms. The SMILES string of the molecule is CSCOC(CCc1ccc(C(F)(F)F)cc1)CSc1ccc(OCC2OC(C)O2)c(C)c1. The number of hydrogen-bond acceptors (Lipinski definition) is 6. The van der Waals surface area contributed by atoms with E-state index in [0.717, 1.165) is 46.1 Å². The summed E-state index contributed by atoms with van der Waals surface area (Å²) in [4.78, 5) is 1.11. The topological polar surface area (TPSA) is 36.9 Å². The van der Waals surface area contributed by atoms with E-state index in [4.69, 9.17) is 18.9 Å². The van der Waals surface area contributed by atoms with Gasteiger partial charge in [0.05, 0.1) is 17.6 Å². The van der Waals surface area contributed by atoms with Gasteiger partial charge in [-0.3, -0.25) is 0 Å². The Bertz CT molecular complexity index is 871. The summed E-state index contributed by atoms with van der Waals surface area (Å²) in [5.41, 5.74) is 1.28. The van der Waals surface area contributed by atoms with Crippen LogP contribution >= 0.6 is 23.5 Å². The molecule has 4 nitrogen and oxygen atoms in total. The van der Waals surface area contributed by atoms with Crippen molar-refractivity contribution in [3.05, 3.63) is 59.2 Å². The summed E-state index contributed by atoms with van der Waals surface area (Å²) in [5, 5.41) is 0. The number of hydrogen-bond donors (Lipinski definition) is 0. The van der Waals surface area contributed by atoms with Gasteiger partial charge in [0.15, 0.2) is 12.6 Å². The van der Waals surface area contributed by atoms with E-state index >= 15 is 0 Å². The Morgan fingerprint density at radius 3 is 2.42 bits per heavy atom. The molecule has 1 heterocycles. The van der Waals surface area contributed by atoms with E-state index in [9.17, 15) is 13.2 Å². The minimum atomic E-state index is -4.31. The quantitative estimate of drug-likeness (QED) is 0.242. The Hall–Kier alpha value is -1.39. The van der Waals surface area contributed by atoms with Gasteiger partial charge < -0.3 is 18.9 Å². The average Bonchev–Trinajstić information content (AvgIpc) is 2.76. The Morgan fingerprint density at radius 2 is 1.82 bits per heavy atom. The number of rotatable bonds is 12. The maximum atomic E-state index is 12.8. The molecule has 1 aliphatic heterocycles. The summed E-state index contributed by atoms with van der Waals surface area (Å²) < 4.78 is 60.8. The van der Waals surface area contributed by atoms with E-state index in [1.807, 2.05) is 32.2 Å². The molecule has 0 N–H and O–H groups in total. The summed E-state index contributed by atoms with van der Waals surface area (Å²) in [6, 6.07) is 11.4. The lowest BCUT2D eigenvalue weighted by Crippen LogP contribution is -2.42. The zero-order valence-electron chi connectivity index (χ0n) is 18.9. The first-order valence-corrected chi connectivity index (χ1v) is 13.1. The second-order valence-corrected chi connectivity index (χ2v) is 9.65. The van der Waals surface area contributed by atoms with Gasteiger partial charge in [0.1, 0.15) is 12.4 Å². The normalized spacial score (nSPS) is 19.2. The zero-order valence-corrected chi connectivity index (χ0v) is 20.5. The Labute approximate surface area is 201 Å². The van der Waals surface area contributed by atoms with Crippen LogP contribution in [0.25, 0.3) is 0 Å². The van der Waals surface area contributed by atoms with Gasteiger partial charge in [0.25, 0.3) is 0 Å². The summed E-state index contributed by atoms with van der Waals surface area (Å²) in [6.07, 6.45) is -1.42. The average molecular weight is 503 g/mol. The van der Waals surface area contributed by atoms with Crippen molar-refractivity contribution in [1.29, 1.82) is 0 Å². The van der Waals surface area contributed by atoms with E-state index in [1.165, 1.54) is 0 Å². The molecule has 0 aromatic heterocycles. The molecule has 1 aliphatic rings. The lowest BCUT2D eigenvalue weighted by molar-refractivity contribution is -0.380. The molecule has 0 bridgehead atoms. The first-order chi connectivity index (χ1) is 15.7. The van der Waals surface area contributed by atoms with E-state index in [1.54, 1.807) is 35.7 Å². The molecule has 1 atom stereocenters. The highest BCUT2D eigenvalue weighted by molar-refractivity contribution is 7.99. The van der Waals surface area contributed by atoms with E-state index in [-0.39, 0.29) is 18.7 Å². The third kappa shape index (κ3) is 8.40. The Balaban J connectivity index is 1.49. The highest BCUT2D eigenvalue weighted by Gasteiger charge is 2.30. The molecule has 0 aliphatic carbocycles. The van der Waals surface area contributed by atoms with Crippen LogP contribution in [0.5, 0.6) is 5.75 Å². The van der Waals surface area contributed by atoms with Crippen molar-refractivity contribution in [2.75, 3.05) is 24.6 Å². The van der Waals surface area contributed by atoms with Crippen LogP contribution in [0.4, 0.5) is 13.2 Å². The number of halogens is 3. The van der Waals surface area contributed by atoms with Gasteiger partial charge in [0.2, 0.25) is 0 Å². The smallest absolute Gasteiger partial charge is 0.416 e. The first-order valence-electron chi connectivity index (χ1n) is 10.7. The summed E-state index contributed by atoms with van der Waals surface area (Å²) in [6.45, 7) is 4.19. The second-order valence-electron chi connectivity index (χ2n) is 7.75. The van der Waals surface area contributed by atoms with Crippen LogP contribution in [-0.2, 0) is 26.8 Å². The van der Waals surface area contributed by atoms with Crippen molar-refractivity contribution in [3.63, 3.8) is 0 Å². The fourth-order valence-electron chi connectivity index (χ4n) is 3.30. The predicted octanol–water partition coefficient (Wildman–Crippen LogP) is 6.54. The third-order valence-electron chi connectivity index (χ3n) is 5.10. The minimum absolute atomic E-state index is 0.00382. The number of ether oxygens (including phenoxy) is 4. The third-order valence-corrected chi connectivity index (χ3v) is 6.60. The fourth-order valence-corrected chi connectivity index (χ4v) is 4.70. The number of thioether (sulfide) groups is 2. The van der Waals surface area contributed by atoms with Gasteiger partial charge in [-0.15, -0.1) is 23.5 Å². The summed E-state index contributed by atoms with van der Waals surface area (Å²) in [5.74, 6) is 2.12. The molecule has 1 saturated heterocycles. The van der Waals surface area contributed by atoms with E-state index < -0.39 is 11.7 Å². The minimum Gasteiger partial charge on any atom is -0.488 e. The largest absolute Gasteiger partial charge is 0.488 e. The highest BCUT2D eigenvalue weighted by Crippen LogP contribution is 2.30. The molecule has 33 heavy (non-hydrogen) atoms. The van der Waals surface area contributed by atoms with E-state index in [2.05, 4.69) is 6.07 Å². The van der Waals surface area contributed by atoms with Crippen molar-refractivity contribution in [3.8, 4) is 5.75 Å². The van der Waals surface area contributed by atoms with Crippen molar-refractivity contribution >= 4 is 23.5 Å². The van der Waals surface area contributed by atoms with Crippen molar-refractivity contribution in [2.45, 2.75) is 56.4 Å². The highest BCUT2D eigenvalue weighted by atomic mass is 32.2. The molecule has 3 rings (SSSR count). The molecular formula is C24H29F3O4S2. The first kappa shape index (κ1) is 26.2. The van der Waals surface area contributed by atoms with Crippen LogP contribution in [0.3, 0.4) is 0 Å². The van der Waals surface area contributed by atoms with Crippen molar-refractivity contribution in [2.24, 2.45) is 0 Å². The lowest BCUT2D eigenvalue weighted by atomic mass is 10.1. The van der Waals surface area contributed by atoms with Gasteiger partial charge in [-0.2, -0.15) is 13.2 Å². The molecule has 1 fully saturated rings. The van der Waals surface area contributed by atoms with Gasteiger partial charge in [-0.1, -0.05) is 12.1 Å². The molecule has 0 amide bonds. The van der Waals surface area contributed by atoms with Gasteiger partial charge in [-0.05, 0) is 74.4 Å². The fraction of sp³-hybridized carbons (Fsp3) is 0.500. The van der Waals surface area contributed by atoms with Crippen LogP contribution in [0.1, 0.15) is 30.0 Å². The number of aryl methyl sites for hydroxylation is 2. The molecule has 0 spiro atoms. The van der Waals surface area contributed by atoms with Crippen LogP contribution < -0.4 is 4.74 Å². The van der Waals surface area contributed by atoms with Gasteiger partial charge in [0, 0.05) is 10.6 Å². The van der Waals surface area contributed by atoms with Gasteiger partial charge >= 0.3 is 6.18 Å². The second kappa shape index (κ2) is 12.4. The monoisotopic (exact) mass is 502 g/mol. The molecule has 2 aromatic rings.